The first-order chi connectivity index (χ1) is 12.6. The average molecular weight is 345 g/mol. The van der Waals surface area contributed by atoms with Gasteiger partial charge in [-0.1, -0.05) is 48.5 Å². The maximum Gasteiger partial charge on any atom is 0.249 e. The van der Waals surface area contributed by atoms with Crippen molar-refractivity contribution in [2.75, 3.05) is 0 Å². The second-order valence-corrected chi connectivity index (χ2v) is 6.18. The summed E-state index contributed by atoms with van der Waals surface area (Å²) in [5, 5.41) is 11.5. The number of rotatable bonds is 3. The molecule has 0 aliphatic rings. The summed E-state index contributed by atoms with van der Waals surface area (Å²) < 4.78 is 13.5. The molecule has 0 bridgehead atoms. The Kier molecular flexibility index (Phi) is 4.11. The average Bonchev–Trinajstić information content (AvgIpc) is 2.67. The van der Waals surface area contributed by atoms with Gasteiger partial charge in [0.25, 0.3) is 0 Å². The van der Waals surface area contributed by atoms with Gasteiger partial charge in [-0.3, -0.25) is 4.79 Å². The molecule has 4 heteroatoms. The van der Waals surface area contributed by atoms with Crippen LogP contribution in [0, 0.1) is 5.82 Å². The Morgan fingerprint density at radius 2 is 1.62 bits per heavy atom. The third-order valence-corrected chi connectivity index (χ3v) is 4.43. The van der Waals surface area contributed by atoms with Gasteiger partial charge in [-0.05, 0) is 46.5 Å². The number of pyridine rings is 1. The normalized spacial score (nSPS) is 12.2. The number of aromatic nitrogens is 1. The number of aromatic amines is 1. The molecule has 0 spiro atoms. The fourth-order valence-corrected chi connectivity index (χ4v) is 3.17. The Balaban J connectivity index is 1.89. The number of hydrogen-bond acceptors (Lipinski definition) is 2. The highest BCUT2D eigenvalue weighted by Gasteiger charge is 2.14. The summed E-state index contributed by atoms with van der Waals surface area (Å²) in [6.45, 7) is 0. The Morgan fingerprint density at radius 3 is 2.38 bits per heavy atom. The third kappa shape index (κ3) is 3.03. The molecule has 0 saturated heterocycles. The summed E-state index contributed by atoms with van der Waals surface area (Å²) in [5.74, 6) is -0.392. The van der Waals surface area contributed by atoms with Crippen molar-refractivity contribution in [3.8, 4) is 11.1 Å². The molecule has 128 valence electrons. The van der Waals surface area contributed by atoms with Crippen molar-refractivity contribution in [2.45, 2.75) is 6.10 Å². The zero-order valence-corrected chi connectivity index (χ0v) is 13.8. The second kappa shape index (κ2) is 6.58. The van der Waals surface area contributed by atoms with E-state index < -0.39 is 11.9 Å². The highest BCUT2D eigenvalue weighted by Crippen LogP contribution is 2.30. The van der Waals surface area contributed by atoms with Crippen LogP contribution in [0.15, 0.2) is 83.7 Å². The van der Waals surface area contributed by atoms with Crippen molar-refractivity contribution in [3.05, 3.63) is 106 Å². The van der Waals surface area contributed by atoms with E-state index >= 15 is 0 Å². The summed E-state index contributed by atoms with van der Waals surface area (Å²) >= 11 is 0. The van der Waals surface area contributed by atoms with Gasteiger partial charge in [-0.25, -0.2) is 4.39 Å². The molecule has 0 amide bonds. The van der Waals surface area contributed by atoms with E-state index in [0.717, 1.165) is 16.5 Å². The van der Waals surface area contributed by atoms with E-state index in [1.807, 2.05) is 36.4 Å². The van der Waals surface area contributed by atoms with Crippen molar-refractivity contribution in [1.29, 1.82) is 0 Å². The molecule has 4 rings (SSSR count). The molecule has 0 aliphatic heterocycles. The highest BCUT2D eigenvalue weighted by atomic mass is 19.1. The summed E-state index contributed by atoms with van der Waals surface area (Å²) in [7, 11) is 0. The van der Waals surface area contributed by atoms with Gasteiger partial charge in [-0.15, -0.1) is 0 Å². The molecule has 0 fully saturated rings. The number of aliphatic hydroxyl groups is 1. The van der Waals surface area contributed by atoms with Crippen LogP contribution in [0.25, 0.3) is 22.0 Å². The minimum Gasteiger partial charge on any atom is -0.384 e. The SMILES string of the molecule is O=c1cc(-c2ccccc2)c2cc(C(O)c3cccc(F)c3)ccc2[nH]1. The number of hydrogen-bond donors (Lipinski definition) is 2. The molecule has 0 radical (unpaired) electrons. The molecule has 26 heavy (non-hydrogen) atoms. The van der Waals surface area contributed by atoms with Crippen molar-refractivity contribution >= 4 is 10.9 Å². The number of aliphatic hydroxyl groups excluding tert-OH is 1. The Morgan fingerprint density at radius 1 is 0.846 bits per heavy atom. The van der Waals surface area contributed by atoms with E-state index in [1.54, 1.807) is 30.3 Å². The van der Waals surface area contributed by atoms with Gasteiger partial charge in [0.1, 0.15) is 11.9 Å². The van der Waals surface area contributed by atoms with Gasteiger partial charge in [0.15, 0.2) is 0 Å². The van der Waals surface area contributed by atoms with E-state index in [2.05, 4.69) is 4.98 Å². The molecule has 0 saturated carbocycles. The first kappa shape index (κ1) is 16.2. The van der Waals surface area contributed by atoms with E-state index in [4.69, 9.17) is 0 Å². The summed E-state index contributed by atoms with van der Waals surface area (Å²) in [4.78, 5) is 14.8. The van der Waals surface area contributed by atoms with Gasteiger partial charge < -0.3 is 10.1 Å². The van der Waals surface area contributed by atoms with E-state index in [1.165, 1.54) is 12.1 Å². The molecule has 1 aromatic heterocycles. The van der Waals surface area contributed by atoms with E-state index in [0.29, 0.717) is 16.6 Å². The minimum atomic E-state index is -0.953. The predicted molar refractivity (Wildman–Crippen MR) is 100 cm³/mol. The molecule has 4 aromatic rings. The van der Waals surface area contributed by atoms with Crippen molar-refractivity contribution in [2.24, 2.45) is 0 Å². The highest BCUT2D eigenvalue weighted by molar-refractivity contribution is 5.94. The summed E-state index contributed by atoms with van der Waals surface area (Å²) in [6, 6.07) is 22.4. The molecule has 0 aliphatic carbocycles. The van der Waals surface area contributed by atoms with Gasteiger partial charge in [0, 0.05) is 17.0 Å². The quantitative estimate of drug-likeness (QED) is 0.578. The standard InChI is InChI=1S/C22H16FNO2/c23-17-8-4-7-15(11-17)22(26)16-9-10-20-19(12-16)18(13-21(25)24-20)14-5-2-1-3-6-14/h1-13,22,26H,(H,24,25). The first-order valence-electron chi connectivity index (χ1n) is 8.28. The summed E-state index contributed by atoms with van der Waals surface area (Å²) in [6.07, 6.45) is -0.953. The van der Waals surface area contributed by atoms with E-state index in [-0.39, 0.29) is 5.56 Å². The smallest absolute Gasteiger partial charge is 0.249 e. The van der Waals surface area contributed by atoms with Crippen LogP contribution in [0.4, 0.5) is 4.39 Å². The topological polar surface area (TPSA) is 53.1 Å². The summed E-state index contributed by atoms with van der Waals surface area (Å²) in [5.41, 5.74) is 3.32. The lowest BCUT2D eigenvalue weighted by Gasteiger charge is -2.14. The number of nitrogens with one attached hydrogen (secondary N) is 1. The largest absolute Gasteiger partial charge is 0.384 e. The molecule has 2 N–H and O–H groups in total. The number of H-pyrrole nitrogens is 1. The molecule has 3 aromatic carbocycles. The monoisotopic (exact) mass is 345 g/mol. The van der Waals surface area contributed by atoms with Gasteiger partial charge >= 0.3 is 0 Å². The maximum absolute atomic E-state index is 13.5. The predicted octanol–water partition coefficient (Wildman–Crippen LogP) is 4.42. The molecule has 1 atom stereocenters. The van der Waals surface area contributed by atoms with Gasteiger partial charge in [0.05, 0.1) is 0 Å². The van der Waals surface area contributed by atoms with Crippen molar-refractivity contribution in [1.82, 2.24) is 4.98 Å². The Labute approximate surface area is 149 Å². The fourth-order valence-electron chi connectivity index (χ4n) is 3.17. The minimum absolute atomic E-state index is 0.185. The van der Waals surface area contributed by atoms with Crippen LogP contribution in [0.5, 0.6) is 0 Å². The van der Waals surface area contributed by atoms with Gasteiger partial charge in [0.2, 0.25) is 5.56 Å². The fraction of sp³-hybridized carbons (Fsp3) is 0.0455. The molecule has 1 unspecified atom stereocenters. The molecular weight excluding hydrogens is 329 g/mol. The maximum atomic E-state index is 13.5. The zero-order chi connectivity index (χ0) is 18.1. The first-order valence-corrected chi connectivity index (χ1v) is 8.28. The molecule has 3 nitrogen and oxygen atoms in total. The lowest BCUT2D eigenvalue weighted by molar-refractivity contribution is 0.220. The molecule has 1 heterocycles. The number of fused-ring (bicyclic) bond motifs is 1. The van der Waals surface area contributed by atoms with E-state index in [9.17, 15) is 14.3 Å². The van der Waals surface area contributed by atoms with Crippen molar-refractivity contribution in [3.63, 3.8) is 0 Å². The number of halogens is 1. The second-order valence-electron chi connectivity index (χ2n) is 6.18. The Hall–Kier alpha value is -3.24. The molecular formula is C22H16FNO2. The lowest BCUT2D eigenvalue weighted by atomic mass is 9.96. The van der Waals surface area contributed by atoms with Crippen LogP contribution < -0.4 is 5.56 Å². The van der Waals surface area contributed by atoms with Crippen molar-refractivity contribution < 1.29 is 9.50 Å². The number of benzene rings is 3. The lowest BCUT2D eigenvalue weighted by Crippen LogP contribution is -2.06. The van der Waals surface area contributed by atoms with Crippen LogP contribution >= 0.6 is 0 Å². The van der Waals surface area contributed by atoms with Crippen LogP contribution in [0.1, 0.15) is 17.2 Å². The van der Waals surface area contributed by atoms with Crippen LogP contribution in [-0.4, -0.2) is 10.1 Å². The van der Waals surface area contributed by atoms with Crippen LogP contribution in [-0.2, 0) is 0 Å². The Bertz CT molecular complexity index is 1140. The van der Waals surface area contributed by atoms with Gasteiger partial charge in [-0.2, -0.15) is 0 Å². The third-order valence-electron chi connectivity index (χ3n) is 4.43. The zero-order valence-electron chi connectivity index (χ0n) is 13.8. The van der Waals surface area contributed by atoms with Crippen LogP contribution in [0.3, 0.4) is 0 Å². The van der Waals surface area contributed by atoms with Crippen LogP contribution in [0.2, 0.25) is 0 Å².